The van der Waals surface area contributed by atoms with Gasteiger partial charge >= 0.3 is 0 Å². The van der Waals surface area contributed by atoms with Crippen LogP contribution in [0.25, 0.3) is 0 Å². The molecule has 0 saturated heterocycles. The lowest BCUT2D eigenvalue weighted by Gasteiger charge is -2.23. The van der Waals surface area contributed by atoms with E-state index in [4.69, 9.17) is 4.74 Å². The van der Waals surface area contributed by atoms with Crippen molar-refractivity contribution in [2.24, 2.45) is 0 Å². The quantitative estimate of drug-likeness (QED) is 0.883. The Bertz CT molecular complexity index is 400. The van der Waals surface area contributed by atoms with Gasteiger partial charge < -0.3 is 10.1 Å². The summed E-state index contributed by atoms with van der Waals surface area (Å²) in [5, 5.41) is 3.58. The molecule has 0 radical (unpaired) electrons. The van der Waals surface area contributed by atoms with Crippen molar-refractivity contribution in [2.75, 3.05) is 19.8 Å². The Morgan fingerprint density at radius 2 is 1.89 bits per heavy atom. The lowest BCUT2D eigenvalue weighted by molar-refractivity contribution is 0.122. The first-order chi connectivity index (χ1) is 8.81. The average Bonchev–Trinajstić information content (AvgIpc) is 2.61. The Kier molecular flexibility index (Phi) is 4.79. The number of benzene rings is 1. The van der Waals surface area contributed by atoms with Crippen molar-refractivity contribution in [1.29, 1.82) is 0 Å². The fraction of sp³-hybridized carbons (Fsp3) is 0.625. The van der Waals surface area contributed by atoms with E-state index in [1.54, 1.807) is 5.56 Å². The van der Waals surface area contributed by atoms with Gasteiger partial charge in [-0.1, -0.05) is 32.9 Å². The highest BCUT2D eigenvalue weighted by molar-refractivity contribution is 5.44. The molecule has 1 heterocycles. The summed E-state index contributed by atoms with van der Waals surface area (Å²) in [5.74, 6) is 0. The van der Waals surface area contributed by atoms with Gasteiger partial charge in [0, 0.05) is 0 Å². The molecule has 0 amide bonds. The number of hydrogen-bond acceptors (Lipinski definition) is 2. The Morgan fingerprint density at radius 3 is 2.56 bits per heavy atom. The Hall–Kier alpha value is -0.860. The molecule has 18 heavy (non-hydrogen) atoms. The van der Waals surface area contributed by atoms with Gasteiger partial charge in [-0.3, -0.25) is 0 Å². The van der Waals surface area contributed by atoms with Gasteiger partial charge in [-0.2, -0.15) is 0 Å². The number of nitrogens with one attached hydrogen (secondary N) is 1. The van der Waals surface area contributed by atoms with Crippen LogP contribution in [0, 0.1) is 0 Å². The van der Waals surface area contributed by atoms with Crippen LogP contribution >= 0.6 is 0 Å². The lowest BCUT2D eigenvalue weighted by Crippen LogP contribution is -2.26. The highest BCUT2D eigenvalue weighted by Crippen LogP contribution is 2.29. The molecule has 0 spiro atoms. The summed E-state index contributed by atoms with van der Waals surface area (Å²) in [7, 11) is 0. The molecular formula is C16H25NO. The minimum atomic E-state index is 0.369. The number of rotatable bonds is 4. The van der Waals surface area contributed by atoms with Gasteiger partial charge in [0.05, 0.1) is 19.3 Å². The molecule has 1 aromatic carbocycles. The predicted octanol–water partition coefficient (Wildman–Crippen LogP) is 3.03. The molecule has 1 N–H and O–H groups in total. The van der Waals surface area contributed by atoms with Crippen molar-refractivity contribution >= 4 is 0 Å². The predicted molar refractivity (Wildman–Crippen MR) is 76.1 cm³/mol. The van der Waals surface area contributed by atoms with E-state index >= 15 is 0 Å². The largest absolute Gasteiger partial charge is 0.379 e. The SMILES string of the molecule is CCNC1COCCc2c(CC)ccc(CC)c21. The molecule has 0 saturated carbocycles. The molecule has 100 valence electrons. The van der Waals surface area contributed by atoms with E-state index < -0.39 is 0 Å². The molecule has 2 nitrogen and oxygen atoms in total. The van der Waals surface area contributed by atoms with E-state index in [0.717, 1.165) is 39.0 Å². The van der Waals surface area contributed by atoms with Crippen LogP contribution in [0.3, 0.4) is 0 Å². The summed E-state index contributed by atoms with van der Waals surface area (Å²) in [6.07, 6.45) is 3.29. The zero-order valence-electron chi connectivity index (χ0n) is 11.9. The molecule has 0 aliphatic carbocycles. The van der Waals surface area contributed by atoms with E-state index in [-0.39, 0.29) is 0 Å². The van der Waals surface area contributed by atoms with Crippen molar-refractivity contribution in [2.45, 2.75) is 46.1 Å². The molecule has 1 aliphatic heterocycles. The molecule has 0 fully saturated rings. The van der Waals surface area contributed by atoms with Crippen LogP contribution in [0.2, 0.25) is 0 Å². The second-order valence-electron chi connectivity index (χ2n) is 4.92. The van der Waals surface area contributed by atoms with Gasteiger partial charge in [0.1, 0.15) is 0 Å². The minimum absolute atomic E-state index is 0.369. The van der Waals surface area contributed by atoms with Crippen LogP contribution in [0.1, 0.15) is 49.1 Å². The van der Waals surface area contributed by atoms with Crippen molar-refractivity contribution in [3.63, 3.8) is 0 Å². The van der Waals surface area contributed by atoms with Crippen LogP contribution in [-0.4, -0.2) is 19.8 Å². The number of ether oxygens (including phenoxy) is 1. The zero-order valence-corrected chi connectivity index (χ0v) is 11.9. The standard InChI is InChI=1S/C16H25NO/c1-4-12-7-8-13(5-2)16-14(12)9-10-18-11-15(16)17-6-3/h7-8,15,17H,4-6,9-11H2,1-3H3. The average molecular weight is 247 g/mol. The molecule has 2 rings (SSSR count). The summed E-state index contributed by atoms with van der Waals surface area (Å²) in [6, 6.07) is 4.99. The summed E-state index contributed by atoms with van der Waals surface area (Å²) in [4.78, 5) is 0. The monoisotopic (exact) mass is 247 g/mol. The highest BCUT2D eigenvalue weighted by Gasteiger charge is 2.22. The summed E-state index contributed by atoms with van der Waals surface area (Å²) in [6.45, 7) is 9.31. The lowest BCUT2D eigenvalue weighted by atomic mass is 9.88. The fourth-order valence-corrected chi connectivity index (χ4v) is 2.99. The maximum Gasteiger partial charge on any atom is 0.0661 e. The van der Waals surface area contributed by atoms with Gasteiger partial charge in [0.15, 0.2) is 0 Å². The Morgan fingerprint density at radius 1 is 1.17 bits per heavy atom. The van der Waals surface area contributed by atoms with Crippen LogP contribution < -0.4 is 5.32 Å². The van der Waals surface area contributed by atoms with Crippen LogP contribution in [0.5, 0.6) is 0 Å². The Labute approximate surface area is 111 Å². The van der Waals surface area contributed by atoms with E-state index in [2.05, 4.69) is 38.2 Å². The van der Waals surface area contributed by atoms with Gasteiger partial charge in [0.25, 0.3) is 0 Å². The third kappa shape index (κ3) is 2.60. The second-order valence-corrected chi connectivity index (χ2v) is 4.92. The third-order valence-corrected chi connectivity index (χ3v) is 3.89. The molecule has 2 heteroatoms. The zero-order chi connectivity index (χ0) is 13.0. The normalized spacial score (nSPS) is 19.4. The number of hydrogen-bond donors (Lipinski definition) is 1. The van der Waals surface area contributed by atoms with E-state index in [0.29, 0.717) is 6.04 Å². The molecule has 1 aromatic rings. The topological polar surface area (TPSA) is 21.3 Å². The van der Waals surface area contributed by atoms with Crippen LogP contribution in [-0.2, 0) is 24.0 Å². The van der Waals surface area contributed by atoms with Crippen molar-refractivity contribution < 1.29 is 4.74 Å². The summed E-state index contributed by atoms with van der Waals surface area (Å²) < 4.78 is 5.78. The molecule has 0 aromatic heterocycles. The fourth-order valence-electron chi connectivity index (χ4n) is 2.99. The molecule has 1 atom stereocenters. The van der Waals surface area contributed by atoms with E-state index in [9.17, 15) is 0 Å². The first kappa shape index (κ1) is 13.6. The van der Waals surface area contributed by atoms with Crippen molar-refractivity contribution in [1.82, 2.24) is 5.32 Å². The number of likely N-dealkylation sites (N-methyl/N-ethyl adjacent to an activating group) is 1. The van der Waals surface area contributed by atoms with Crippen molar-refractivity contribution in [3.05, 3.63) is 34.4 Å². The minimum Gasteiger partial charge on any atom is -0.379 e. The second kappa shape index (κ2) is 6.35. The van der Waals surface area contributed by atoms with Crippen molar-refractivity contribution in [3.8, 4) is 0 Å². The van der Waals surface area contributed by atoms with Gasteiger partial charge in [-0.15, -0.1) is 0 Å². The van der Waals surface area contributed by atoms with Gasteiger partial charge in [-0.25, -0.2) is 0 Å². The van der Waals surface area contributed by atoms with E-state index in [1.807, 2.05) is 0 Å². The maximum atomic E-state index is 5.78. The Balaban J connectivity index is 2.51. The highest BCUT2D eigenvalue weighted by atomic mass is 16.5. The third-order valence-electron chi connectivity index (χ3n) is 3.89. The molecule has 1 unspecified atom stereocenters. The van der Waals surface area contributed by atoms with Crippen LogP contribution in [0.4, 0.5) is 0 Å². The van der Waals surface area contributed by atoms with Crippen LogP contribution in [0.15, 0.2) is 12.1 Å². The van der Waals surface area contributed by atoms with Gasteiger partial charge in [0.2, 0.25) is 0 Å². The first-order valence-corrected chi connectivity index (χ1v) is 7.26. The first-order valence-electron chi connectivity index (χ1n) is 7.26. The number of fused-ring (bicyclic) bond motifs is 1. The van der Waals surface area contributed by atoms with Gasteiger partial charge in [-0.05, 0) is 48.1 Å². The molecule has 1 aliphatic rings. The summed E-state index contributed by atoms with van der Waals surface area (Å²) >= 11 is 0. The van der Waals surface area contributed by atoms with E-state index in [1.165, 1.54) is 16.7 Å². The molecular weight excluding hydrogens is 222 g/mol. The molecule has 0 bridgehead atoms. The smallest absolute Gasteiger partial charge is 0.0661 e. The number of aryl methyl sites for hydroxylation is 2. The summed E-state index contributed by atoms with van der Waals surface area (Å²) in [5.41, 5.74) is 6.05. The maximum absolute atomic E-state index is 5.78.